The summed E-state index contributed by atoms with van der Waals surface area (Å²) in [6.07, 6.45) is 1.04. The molecule has 0 amide bonds. The average molecular weight is 292 g/mol. The normalized spacial score (nSPS) is 17.8. The molecule has 0 spiro atoms. The lowest BCUT2D eigenvalue weighted by atomic mass is 9.79. The minimum Gasteiger partial charge on any atom is -0.534 e. The van der Waals surface area contributed by atoms with Crippen LogP contribution in [0, 0.1) is 6.92 Å². The maximum absolute atomic E-state index is 12.0. The molecule has 1 aliphatic rings. The van der Waals surface area contributed by atoms with Crippen molar-refractivity contribution in [3.05, 3.63) is 24.2 Å². The fourth-order valence-electron chi connectivity index (χ4n) is 1.86. The number of aromatic nitrogens is 2. The Morgan fingerprint density at radius 3 is 2.57 bits per heavy atom. The van der Waals surface area contributed by atoms with Crippen molar-refractivity contribution < 1.29 is 18.8 Å². The van der Waals surface area contributed by atoms with Gasteiger partial charge < -0.3 is 14.0 Å². The zero-order valence-electron chi connectivity index (χ0n) is 13.4. The maximum Gasteiger partial charge on any atom is 0.566 e. The highest BCUT2D eigenvalue weighted by atomic mass is 16.7. The monoisotopic (exact) mass is 292 g/mol. The maximum atomic E-state index is 12.0. The second-order valence-corrected chi connectivity index (χ2v) is 6.60. The Balaban J connectivity index is 2.21. The number of hydrogen-bond acceptors (Lipinski definition) is 5. The summed E-state index contributed by atoms with van der Waals surface area (Å²) in [4.78, 5) is 12.0. The Morgan fingerprint density at radius 1 is 1.48 bits per heavy atom. The van der Waals surface area contributed by atoms with Gasteiger partial charge in [0.2, 0.25) is 0 Å². The second kappa shape index (κ2) is 4.91. The molecule has 6 nitrogen and oxygen atoms in total. The first-order chi connectivity index (χ1) is 9.49. The van der Waals surface area contributed by atoms with E-state index in [1.54, 1.807) is 33.9 Å². The van der Waals surface area contributed by atoms with Crippen LogP contribution in [0.25, 0.3) is 0 Å². The number of aryl methyl sites for hydroxylation is 1. The number of carbonyl (C=O) groups is 1. The van der Waals surface area contributed by atoms with Crippen LogP contribution in [-0.2, 0) is 14.0 Å². The SMILES string of the molecule is C=C1OB(c2cn(C(=O)OC(C)(C)C)nc2C)OC1(C)C. The van der Waals surface area contributed by atoms with Crippen LogP contribution in [-0.4, -0.2) is 34.2 Å². The number of carbonyl (C=O) groups excluding carboxylic acids is 1. The predicted molar refractivity (Wildman–Crippen MR) is 79.4 cm³/mol. The third-order valence-electron chi connectivity index (χ3n) is 3.09. The molecule has 1 aromatic heterocycles. The van der Waals surface area contributed by atoms with Gasteiger partial charge in [-0.05, 0) is 41.5 Å². The van der Waals surface area contributed by atoms with Gasteiger partial charge in [0, 0.05) is 11.7 Å². The molecule has 0 unspecified atom stereocenters. The molecule has 0 aromatic carbocycles. The van der Waals surface area contributed by atoms with E-state index in [0.29, 0.717) is 16.9 Å². The van der Waals surface area contributed by atoms with Crippen molar-refractivity contribution in [2.45, 2.75) is 52.7 Å². The van der Waals surface area contributed by atoms with Gasteiger partial charge in [0.05, 0.1) is 11.5 Å². The molecule has 1 aromatic rings. The van der Waals surface area contributed by atoms with Crippen LogP contribution in [0.5, 0.6) is 0 Å². The summed E-state index contributed by atoms with van der Waals surface area (Å²) in [6.45, 7) is 14.8. The van der Waals surface area contributed by atoms with E-state index in [2.05, 4.69) is 11.7 Å². The molecule has 0 aliphatic carbocycles. The third-order valence-corrected chi connectivity index (χ3v) is 3.09. The zero-order valence-corrected chi connectivity index (χ0v) is 13.4. The van der Waals surface area contributed by atoms with Gasteiger partial charge >= 0.3 is 13.2 Å². The fraction of sp³-hybridized carbons (Fsp3) is 0.571. The Hall–Kier alpha value is -1.76. The van der Waals surface area contributed by atoms with E-state index in [0.717, 1.165) is 4.68 Å². The first-order valence-electron chi connectivity index (χ1n) is 6.83. The number of ether oxygens (including phenoxy) is 1. The quantitative estimate of drug-likeness (QED) is 0.741. The molecule has 0 N–H and O–H groups in total. The lowest BCUT2D eigenvalue weighted by Crippen LogP contribution is -2.35. The standard InChI is InChI=1S/C14H21BN2O4/c1-9-11(15-20-10(2)14(6,7)21-15)8-17(16-9)12(18)19-13(3,4)5/h8H,2H2,1,3-7H3. The van der Waals surface area contributed by atoms with Crippen LogP contribution in [0.4, 0.5) is 4.79 Å². The first kappa shape index (κ1) is 15.6. The van der Waals surface area contributed by atoms with Crippen LogP contribution in [0.2, 0.25) is 0 Å². The van der Waals surface area contributed by atoms with Crippen molar-refractivity contribution in [1.82, 2.24) is 9.78 Å². The van der Waals surface area contributed by atoms with Crippen LogP contribution >= 0.6 is 0 Å². The van der Waals surface area contributed by atoms with Crippen molar-refractivity contribution >= 4 is 18.7 Å². The lowest BCUT2D eigenvalue weighted by Gasteiger charge is -2.18. The first-order valence-corrected chi connectivity index (χ1v) is 6.83. The molecular weight excluding hydrogens is 271 g/mol. The number of hydrogen-bond donors (Lipinski definition) is 0. The molecule has 1 fully saturated rings. The minimum absolute atomic E-state index is 0.534. The highest BCUT2D eigenvalue weighted by molar-refractivity contribution is 6.62. The second-order valence-electron chi connectivity index (χ2n) is 6.60. The highest BCUT2D eigenvalue weighted by Gasteiger charge is 2.44. The van der Waals surface area contributed by atoms with Gasteiger partial charge in [-0.1, -0.05) is 6.58 Å². The Morgan fingerprint density at radius 2 is 2.10 bits per heavy atom. The molecule has 0 bridgehead atoms. The molecule has 2 rings (SSSR count). The van der Waals surface area contributed by atoms with Gasteiger partial charge in [-0.2, -0.15) is 9.78 Å². The van der Waals surface area contributed by atoms with E-state index in [9.17, 15) is 4.79 Å². The van der Waals surface area contributed by atoms with E-state index in [1.807, 2.05) is 13.8 Å². The molecule has 0 atom stereocenters. The van der Waals surface area contributed by atoms with Crippen molar-refractivity contribution in [1.29, 1.82) is 0 Å². The summed E-state index contributed by atoms with van der Waals surface area (Å²) in [6, 6.07) is 0. The summed E-state index contributed by atoms with van der Waals surface area (Å²) in [5.74, 6) is 0.553. The third kappa shape index (κ3) is 3.29. The molecular formula is C14H21BN2O4. The lowest BCUT2D eigenvalue weighted by molar-refractivity contribution is 0.0514. The van der Waals surface area contributed by atoms with Crippen molar-refractivity contribution in [2.75, 3.05) is 0 Å². The summed E-state index contributed by atoms with van der Waals surface area (Å²) < 4.78 is 17.9. The molecule has 1 saturated heterocycles. The Kier molecular flexibility index (Phi) is 3.65. The van der Waals surface area contributed by atoms with E-state index in [4.69, 9.17) is 14.0 Å². The highest BCUT2D eigenvalue weighted by Crippen LogP contribution is 2.29. The Labute approximate surface area is 125 Å². The molecule has 21 heavy (non-hydrogen) atoms. The van der Waals surface area contributed by atoms with Gasteiger partial charge in [0.25, 0.3) is 0 Å². The minimum atomic E-state index is -0.608. The van der Waals surface area contributed by atoms with Gasteiger partial charge in [-0.3, -0.25) is 0 Å². The molecule has 2 heterocycles. The van der Waals surface area contributed by atoms with E-state index < -0.39 is 24.4 Å². The summed E-state index contributed by atoms with van der Waals surface area (Å²) in [5.41, 5.74) is 0.197. The number of rotatable bonds is 1. The smallest absolute Gasteiger partial charge is 0.534 e. The molecule has 0 saturated carbocycles. The molecule has 7 heteroatoms. The van der Waals surface area contributed by atoms with E-state index in [-0.39, 0.29) is 0 Å². The van der Waals surface area contributed by atoms with Crippen LogP contribution in [0.15, 0.2) is 18.5 Å². The summed E-state index contributed by atoms with van der Waals surface area (Å²) >= 11 is 0. The average Bonchev–Trinajstić information content (AvgIpc) is 2.78. The van der Waals surface area contributed by atoms with Gasteiger partial charge in [0.1, 0.15) is 11.2 Å². The van der Waals surface area contributed by atoms with Crippen LogP contribution in [0.1, 0.15) is 40.3 Å². The van der Waals surface area contributed by atoms with Gasteiger partial charge in [-0.25, -0.2) is 4.79 Å². The van der Waals surface area contributed by atoms with Crippen molar-refractivity contribution in [3.8, 4) is 0 Å². The Bertz CT molecular complexity index is 586. The molecule has 114 valence electrons. The topological polar surface area (TPSA) is 62.6 Å². The molecule has 1 aliphatic heterocycles. The summed E-state index contributed by atoms with van der Waals surface area (Å²) in [7, 11) is -0.608. The van der Waals surface area contributed by atoms with Crippen LogP contribution < -0.4 is 5.46 Å². The largest absolute Gasteiger partial charge is 0.566 e. The molecule has 0 radical (unpaired) electrons. The van der Waals surface area contributed by atoms with E-state index in [1.165, 1.54) is 0 Å². The van der Waals surface area contributed by atoms with Gasteiger partial charge in [0.15, 0.2) is 0 Å². The van der Waals surface area contributed by atoms with Crippen molar-refractivity contribution in [2.24, 2.45) is 0 Å². The number of nitrogens with zero attached hydrogens (tertiary/aromatic N) is 2. The zero-order chi connectivity index (χ0) is 16.0. The van der Waals surface area contributed by atoms with E-state index >= 15 is 0 Å². The van der Waals surface area contributed by atoms with Crippen LogP contribution in [0.3, 0.4) is 0 Å². The summed E-state index contributed by atoms with van der Waals surface area (Å²) in [5, 5.41) is 4.16. The fourth-order valence-corrected chi connectivity index (χ4v) is 1.86. The van der Waals surface area contributed by atoms with Crippen molar-refractivity contribution in [3.63, 3.8) is 0 Å². The van der Waals surface area contributed by atoms with Gasteiger partial charge in [-0.15, -0.1) is 0 Å². The predicted octanol–water partition coefficient (Wildman–Crippen LogP) is 2.01.